The molecule has 0 spiro atoms. The van der Waals surface area contributed by atoms with E-state index in [2.05, 4.69) is 10.6 Å². The lowest BCUT2D eigenvalue weighted by Gasteiger charge is -2.29. The summed E-state index contributed by atoms with van der Waals surface area (Å²) < 4.78 is 25.1. The molecule has 2 aliphatic rings. The molecular formula is C16H22FN3O3. The van der Waals surface area contributed by atoms with Gasteiger partial charge in [-0.3, -0.25) is 4.79 Å². The zero-order valence-corrected chi connectivity index (χ0v) is 13.0. The third-order valence-corrected chi connectivity index (χ3v) is 4.06. The highest BCUT2D eigenvalue weighted by atomic mass is 19.1. The molecule has 1 atom stereocenters. The van der Waals surface area contributed by atoms with Gasteiger partial charge in [0.15, 0.2) is 0 Å². The molecule has 2 aliphatic heterocycles. The molecule has 23 heavy (non-hydrogen) atoms. The number of ether oxygens (including phenoxy) is 2. The number of carbonyl (C=O) groups excluding carboxylic acids is 1. The zero-order valence-electron chi connectivity index (χ0n) is 13.0. The second-order valence-corrected chi connectivity index (χ2v) is 5.67. The average molecular weight is 323 g/mol. The van der Waals surface area contributed by atoms with Gasteiger partial charge in [-0.2, -0.15) is 0 Å². The minimum absolute atomic E-state index is 0.0369. The lowest BCUT2D eigenvalue weighted by Crippen LogP contribution is -2.45. The zero-order chi connectivity index (χ0) is 16.1. The first-order valence-corrected chi connectivity index (χ1v) is 7.97. The first-order chi connectivity index (χ1) is 11.2. The van der Waals surface area contributed by atoms with E-state index in [1.165, 1.54) is 6.07 Å². The molecule has 2 fully saturated rings. The molecule has 3 rings (SSSR count). The number of nitrogens with zero attached hydrogens (tertiary/aromatic N) is 1. The second kappa shape index (κ2) is 7.72. The van der Waals surface area contributed by atoms with Crippen LogP contribution in [0.25, 0.3) is 0 Å². The van der Waals surface area contributed by atoms with Gasteiger partial charge in [-0.1, -0.05) is 0 Å². The van der Waals surface area contributed by atoms with Crippen molar-refractivity contribution in [2.24, 2.45) is 0 Å². The van der Waals surface area contributed by atoms with Gasteiger partial charge in [0.1, 0.15) is 5.82 Å². The molecule has 0 bridgehead atoms. The van der Waals surface area contributed by atoms with E-state index in [4.69, 9.17) is 9.47 Å². The van der Waals surface area contributed by atoms with E-state index >= 15 is 0 Å². The predicted octanol–water partition coefficient (Wildman–Crippen LogP) is 0.381. The van der Waals surface area contributed by atoms with E-state index in [9.17, 15) is 9.18 Å². The SMILES string of the molecule is O=C(NCC1CNCCO1)c1ccc(N2CCOCC2)c(F)c1. The van der Waals surface area contributed by atoms with E-state index < -0.39 is 0 Å². The number of morpholine rings is 2. The summed E-state index contributed by atoms with van der Waals surface area (Å²) in [5, 5.41) is 5.99. The second-order valence-electron chi connectivity index (χ2n) is 5.67. The van der Waals surface area contributed by atoms with Crippen LogP contribution in [0.2, 0.25) is 0 Å². The summed E-state index contributed by atoms with van der Waals surface area (Å²) in [6.07, 6.45) is -0.0369. The van der Waals surface area contributed by atoms with Crippen molar-refractivity contribution >= 4 is 11.6 Å². The number of anilines is 1. The molecule has 1 amide bonds. The van der Waals surface area contributed by atoms with Gasteiger partial charge in [0.05, 0.1) is 31.6 Å². The summed E-state index contributed by atoms with van der Waals surface area (Å²) in [6, 6.07) is 4.61. The van der Waals surface area contributed by atoms with Gasteiger partial charge in [-0.05, 0) is 18.2 Å². The molecule has 6 nitrogen and oxygen atoms in total. The third kappa shape index (κ3) is 4.19. The molecule has 1 aromatic rings. The minimum atomic E-state index is -0.380. The van der Waals surface area contributed by atoms with Gasteiger partial charge >= 0.3 is 0 Å². The minimum Gasteiger partial charge on any atom is -0.378 e. The number of amides is 1. The number of halogens is 1. The number of hydrogen-bond donors (Lipinski definition) is 2. The van der Waals surface area contributed by atoms with Crippen LogP contribution in [0.4, 0.5) is 10.1 Å². The van der Waals surface area contributed by atoms with Crippen molar-refractivity contribution in [1.82, 2.24) is 10.6 Å². The standard InChI is InChI=1S/C16H22FN3O3/c17-14-9-12(1-2-15(14)20-4-7-22-8-5-20)16(21)19-11-13-10-18-3-6-23-13/h1-2,9,13,18H,3-8,10-11H2,(H,19,21). The molecule has 0 aliphatic carbocycles. The first-order valence-electron chi connectivity index (χ1n) is 7.97. The normalized spacial score (nSPS) is 22.0. The molecule has 1 unspecified atom stereocenters. The summed E-state index contributed by atoms with van der Waals surface area (Å²) in [5.74, 6) is -0.665. The number of carbonyl (C=O) groups is 1. The highest BCUT2D eigenvalue weighted by Gasteiger charge is 2.18. The van der Waals surface area contributed by atoms with Crippen molar-refractivity contribution in [3.8, 4) is 0 Å². The summed E-state index contributed by atoms with van der Waals surface area (Å²) in [6.45, 7) is 5.11. The first kappa shape index (κ1) is 16.2. The molecule has 1 aromatic carbocycles. The summed E-state index contributed by atoms with van der Waals surface area (Å²) >= 11 is 0. The lowest BCUT2D eigenvalue weighted by molar-refractivity contribution is 0.0287. The van der Waals surface area contributed by atoms with Crippen molar-refractivity contribution in [3.05, 3.63) is 29.6 Å². The van der Waals surface area contributed by atoms with Gasteiger partial charge in [-0.25, -0.2) is 4.39 Å². The molecule has 2 N–H and O–H groups in total. The van der Waals surface area contributed by atoms with E-state index in [-0.39, 0.29) is 17.8 Å². The largest absolute Gasteiger partial charge is 0.378 e. The van der Waals surface area contributed by atoms with Crippen LogP contribution in [0.3, 0.4) is 0 Å². The smallest absolute Gasteiger partial charge is 0.251 e. The van der Waals surface area contributed by atoms with Crippen LogP contribution in [-0.4, -0.2) is 64.6 Å². The van der Waals surface area contributed by atoms with Crippen molar-refractivity contribution in [2.75, 3.05) is 57.4 Å². The van der Waals surface area contributed by atoms with E-state index in [0.29, 0.717) is 57.3 Å². The Labute approximate surface area is 134 Å². The predicted molar refractivity (Wildman–Crippen MR) is 84.4 cm³/mol. The maximum Gasteiger partial charge on any atom is 0.251 e. The Bertz CT molecular complexity index is 543. The Morgan fingerprint density at radius 1 is 1.35 bits per heavy atom. The fraction of sp³-hybridized carbons (Fsp3) is 0.562. The van der Waals surface area contributed by atoms with Gasteiger partial charge in [-0.15, -0.1) is 0 Å². The van der Waals surface area contributed by atoms with E-state index in [0.717, 1.165) is 6.54 Å². The molecule has 2 saturated heterocycles. The number of hydrogen-bond acceptors (Lipinski definition) is 5. The number of rotatable bonds is 4. The van der Waals surface area contributed by atoms with Crippen LogP contribution < -0.4 is 15.5 Å². The monoisotopic (exact) mass is 323 g/mol. The highest BCUT2D eigenvalue weighted by Crippen LogP contribution is 2.21. The van der Waals surface area contributed by atoms with Crippen molar-refractivity contribution in [1.29, 1.82) is 0 Å². The van der Waals surface area contributed by atoms with Crippen LogP contribution >= 0.6 is 0 Å². The molecule has 126 valence electrons. The Balaban J connectivity index is 1.58. The topological polar surface area (TPSA) is 62.8 Å². The van der Waals surface area contributed by atoms with Crippen LogP contribution in [0.1, 0.15) is 10.4 Å². The summed E-state index contributed by atoms with van der Waals surface area (Å²) in [5.41, 5.74) is 0.841. The van der Waals surface area contributed by atoms with Crippen LogP contribution in [-0.2, 0) is 9.47 Å². The molecule has 0 aromatic heterocycles. The maximum atomic E-state index is 14.3. The van der Waals surface area contributed by atoms with Gasteiger partial charge in [0.2, 0.25) is 0 Å². The molecule has 2 heterocycles. The molecule has 7 heteroatoms. The molecule has 0 radical (unpaired) electrons. The Morgan fingerprint density at radius 3 is 2.87 bits per heavy atom. The third-order valence-electron chi connectivity index (χ3n) is 4.06. The molecule has 0 saturated carbocycles. The Morgan fingerprint density at radius 2 is 2.17 bits per heavy atom. The van der Waals surface area contributed by atoms with E-state index in [1.54, 1.807) is 12.1 Å². The van der Waals surface area contributed by atoms with E-state index in [1.807, 2.05) is 4.90 Å². The number of nitrogens with one attached hydrogen (secondary N) is 2. The van der Waals surface area contributed by atoms with Crippen molar-refractivity contribution in [3.63, 3.8) is 0 Å². The van der Waals surface area contributed by atoms with Gasteiger partial charge in [0, 0.05) is 38.3 Å². The van der Waals surface area contributed by atoms with Crippen LogP contribution in [0.5, 0.6) is 0 Å². The Hall–Kier alpha value is -1.70. The fourth-order valence-electron chi connectivity index (χ4n) is 2.77. The quantitative estimate of drug-likeness (QED) is 0.839. The van der Waals surface area contributed by atoms with Crippen molar-refractivity contribution in [2.45, 2.75) is 6.10 Å². The summed E-state index contributed by atoms with van der Waals surface area (Å²) in [7, 11) is 0. The molecular weight excluding hydrogens is 301 g/mol. The lowest BCUT2D eigenvalue weighted by atomic mass is 10.1. The summed E-state index contributed by atoms with van der Waals surface area (Å²) in [4.78, 5) is 14.1. The van der Waals surface area contributed by atoms with Crippen molar-refractivity contribution < 1.29 is 18.7 Å². The number of benzene rings is 1. The highest BCUT2D eigenvalue weighted by molar-refractivity contribution is 5.94. The fourth-order valence-corrected chi connectivity index (χ4v) is 2.77. The average Bonchev–Trinajstić information content (AvgIpc) is 2.61. The van der Waals surface area contributed by atoms with Crippen LogP contribution in [0.15, 0.2) is 18.2 Å². The maximum absolute atomic E-state index is 14.3. The van der Waals surface area contributed by atoms with Gasteiger partial charge < -0.3 is 25.0 Å². The van der Waals surface area contributed by atoms with Gasteiger partial charge in [0.25, 0.3) is 5.91 Å². The van der Waals surface area contributed by atoms with Crippen LogP contribution in [0, 0.1) is 5.82 Å². The Kier molecular flexibility index (Phi) is 5.43.